The molecule has 1 aromatic heterocycles. The number of nitrogens with zero attached hydrogens (tertiary/aromatic N) is 3. The maximum atomic E-state index is 12.6. The molecule has 6 nitrogen and oxygen atoms in total. The molecule has 0 saturated carbocycles. The lowest BCUT2D eigenvalue weighted by Gasteiger charge is -2.34. The van der Waals surface area contributed by atoms with Crippen LogP contribution >= 0.6 is 12.4 Å². The number of aryl methyl sites for hydroxylation is 2. The Morgan fingerprint density at radius 1 is 1.39 bits per heavy atom. The average Bonchev–Trinajstić information content (AvgIpc) is 2.76. The second kappa shape index (κ2) is 9.13. The van der Waals surface area contributed by atoms with Crippen molar-refractivity contribution in [1.29, 1.82) is 0 Å². The van der Waals surface area contributed by atoms with Gasteiger partial charge in [-0.2, -0.15) is 5.10 Å². The average molecular weight is 345 g/mol. The number of carbonyl (C=O) groups excluding carboxylic acids is 1. The summed E-state index contributed by atoms with van der Waals surface area (Å²) in [6.45, 7) is 8.84. The minimum absolute atomic E-state index is 0. The molecule has 0 aromatic carbocycles. The summed E-state index contributed by atoms with van der Waals surface area (Å²) < 4.78 is 7.56. The molecule has 1 saturated heterocycles. The van der Waals surface area contributed by atoms with Gasteiger partial charge in [-0.25, -0.2) is 0 Å². The molecule has 1 N–H and O–H groups in total. The molecule has 0 bridgehead atoms. The number of halogens is 1. The Balaban J connectivity index is 0.00000264. The van der Waals surface area contributed by atoms with Crippen LogP contribution in [0.1, 0.15) is 37.6 Å². The minimum Gasteiger partial charge on any atom is -0.480 e. The number of hydrogen-bond donors (Lipinski definition) is 1. The third kappa shape index (κ3) is 4.85. The summed E-state index contributed by atoms with van der Waals surface area (Å²) in [6.07, 6.45) is 3.02. The van der Waals surface area contributed by atoms with Crippen LogP contribution in [0, 0.1) is 13.8 Å². The molecular weight excluding hydrogens is 316 g/mol. The van der Waals surface area contributed by atoms with E-state index in [9.17, 15) is 4.79 Å². The molecule has 0 aliphatic carbocycles. The van der Waals surface area contributed by atoms with Gasteiger partial charge in [0, 0.05) is 19.6 Å². The van der Waals surface area contributed by atoms with Crippen LogP contribution < -0.4 is 10.1 Å². The van der Waals surface area contributed by atoms with Gasteiger partial charge in [0.15, 0.2) is 12.4 Å². The van der Waals surface area contributed by atoms with Crippen LogP contribution in [0.5, 0.6) is 5.75 Å². The fourth-order valence-electron chi connectivity index (χ4n) is 3.05. The Morgan fingerprint density at radius 3 is 2.57 bits per heavy atom. The van der Waals surface area contributed by atoms with E-state index >= 15 is 0 Å². The molecule has 7 heteroatoms. The maximum Gasteiger partial charge on any atom is 0.260 e. The van der Waals surface area contributed by atoms with Crippen molar-refractivity contribution in [2.75, 3.05) is 26.2 Å². The highest BCUT2D eigenvalue weighted by molar-refractivity contribution is 5.85. The van der Waals surface area contributed by atoms with Crippen molar-refractivity contribution in [3.05, 3.63) is 11.4 Å². The smallest absolute Gasteiger partial charge is 0.260 e. The van der Waals surface area contributed by atoms with Crippen LogP contribution in [0.4, 0.5) is 0 Å². The normalized spacial score (nSPS) is 15.1. The largest absolute Gasteiger partial charge is 0.480 e. The first kappa shape index (κ1) is 19.8. The van der Waals surface area contributed by atoms with Gasteiger partial charge in [-0.3, -0.25) is 9.48 Å². The van der Waals surface area contributed by atoms with Crippen molar-refractivity contribution >= 4 is 18.3 Å². The fraction of sp³-hybridized carbons (Fsp3) is 0.750. The van der Waals surface area contributed by atoms with E-state index in [1.807, 2.05) is 25.8 Å². The van der Waals surface area contributed by atoms with E-state index in [0.29, 0.717) is 6.04 Å². The van der Waals surface area contributed by atoms with Gasteiger partial charge in [0.2, 0.25) is 0 Å². The van der Waals surface area contributed by atoms with Crippen molar-refractivity contribution in [3.8, 4) is 5.75 Å². The SMILES string of the molecule is CCCN(C(=O)COc1c(C)nn(C)c1C)C1CCNCC1.Cl. The van der Waals surface area contributed by atoms with E-state index in [1.54, 1.807) is 4.68 Å². The third-order valence-corrected chi connectivity index (χ3v) is 4.32. The first-order valence-electron chi connectivity index (χ1n) is 8.17. The fourth-order valence-corrected chi connectivity index (χ4v) is 3.05. The molecule has 0 unspecified atom stereocenters. The number of nitrogens with one attached hydrogen (secondary N) is 1. The van der Waals surface area contributed by atoms with Gasteiger partial charge in [-0.05, 0) is 46.2 Å². The van der Waals surface area contributed by atoms with Crippen LogP contribution in [-0.2, 0) is 11.8 Å². The zero-order valence-electron chi connectivity index (χ0n) is 14.6. The van der Waals surface area contributed by atoms with Gasteiger partial charge < -0.3 is 15.0 Å². The molecule has 23 heavy (non-hydrogen) atoms. The summed E-state index contributed by atoms with van der Waals surface area (Å²) in [5.74, 6) is 0.814. The predicted octanol–water partition coefficient (Wildman–Crippen LogP) is 1.83. The van der Waals surface area contributed by atoms with E-state index in [2.05, 4.69) is 17.3 Å². The van der Waals surface area contributed by atoms with Crippen molar-refractivity contribution < 1.29 is 9.53 Å². The molecule has 2 heterocycles. The Labute approximate surface area is 145 Å². The Morgan fingerprint density at radius 2 is 2.04 bits per heavy atom. The van der Waals surface area contributed by atoms with E-state index in [0.717, 1.165) is 56.0 Å². The van der Waals surface area contributed by atoms with Crippen molar-refractivity contribution in [1.82, 2.24) is 20.0 Å². The highest BCUT2D eigenvalue weighted by atomic mass is 35.5. The first-order valence-corrected chi connectivity index (χ1v) is 8.17. The molecular formula is C16H29ClN4O2. The van der Waals surface area contributed by atoms with Crippen molar-refractivity contribution in [3.63, 3.8) is 0 Å². The highest BCUT2D eigenvalue weighted by Crippen LogP contribution is 2.21. The molecule has 2 rings (SSSR count). The zero-order valence-corrected chi connectivity index (χ0v) is 15.4. The number of hydrogen-bond acceptors (Lipinski definition) is 4. The van der Waals surface area contributed by atoms with Crippen LogP contribution in [0.15, 0.2) is 0 Å². The summed E-state index contributed by atoms with van der Waals surface area (Å²) >= 11 is 0. The van der Waals surface area contributed by atoms with Gasteiger partial charge in [0.1, 0.15) is 5.69 Å². The second-order valence-corrected chi connectivity index (χ2v) is 5.98. The van der Waals surface area contributed by atoms with Crippen molar-refractivity contribution in [2.45, 2.75) is 46.1 Å². The summed E-state index contributed by atoms with van der Waals surface area (Å²) in [6, 6.07) is 0.341. The molecule has 1 aliphatic heterocycles. The summed E-state index contributed by atoms with van der Waals surface area (Å²) in [4.78, 5) is 14.6. The lowest BCUT2D eigenvalue weighted by molar-refractivity contribution is -0.136. The monoisotopic (exact) mass is 344 g/mol. The zero-order chi connectivity index (χ0) is 16.1. The molecule has 1 aromatic rings. The van der Waals surface area contributed by atoms with E-state index in [-0.39, 0.29) is 24.9 Å². The predicted molar refractivity (Wildman–Crippen MR) is 93.3 cm³/mol. The molecule has 1 aliphatic rings. The summed E-state index contributed by atoms with van der Waals surface area (Å²) in [7, 11) is 1.88. The molecule has 132 valence electrons. The quantitative estimate of drug-likeness (QED) is 0.855. The highest BCUT2D eigenvalue weighted by Gasteiger charge is 2.25. The Bertz CT molecular complexity index is 512. The lowest BCUT2D eigenvalue weighted by atomic mass is 10.0. The third-order valence-electron chi connectivity index (χ3n) is 4.32. The standard InChI is InChI=1S/C16H28N4O2.ClH/c1-5-10-20(14-6-8-17-9-7-14)15(21)11-22-16-12(2)18-19(4)13(16)3;/h14,17H,5-11H2,1-4H3;1H. The second-order valence-electron chi connectivity index (χ2n) is 5.98. The van der Waals surface area contributed by atoms with Crippen LogP contribution in [0.2, 0.25) is 0 Å². The van der Waals surface area contributed by atoms with E-state index < -0.39 is 0 Å². The Hall–Kier alpha value is -1.27. The first-order chi connectivity index (χ1) is 10.5. The molecule has 1 fully saturated rings. The van der Waals surface area contributed by atoms with Gasteiger partial charge in [0.05, 0.1) is 5.69 Å². The van der Waals surface area contributed by atoms with Crippen LogP contribution in [0.3, 0.4) is 0 Å². The topological polar surface area (TPSA) is 59.4 Å². The molecule has 0 atom stereocenters. The maximum absolute atomic E-state index is 12.6. The molecule has 0 spiro atoms. The van der Waals surface area contributed by atoms with Gasteiger partial charge in [0.25, 0.3) is 5.91 Å². The number of amides is 1. The molecule has 1 amide bonds. The van der Waals surface area contributed by atoms with E-state index in [4.69, 9.17) is 4.74 Å². The van der Waals surface area contributed by atoms with Crippen LogP contribution in [0.25, 0.3) is 0 Å². The summed E-state index contributed by atoms with van der Waals surface area (Å²) in [5.41, 5.74) is 1.78. The number of ether oxygens (including phenoxy) is 1. The Kier molecular flexibility index (Phi) is 7.85. The number of aromatic nitrogens is 2. The minimum atomic E-state index is 0. The molecule has 0 radical (unpaired) electrons. The van der Waals surface area contributed by atoms with Crippen LogP contribution in [-0.4, -0.2) is 52.9 Å². The van der Waals surface area contributed by atoms with Gasteiger partial charge >= 0.3 is 0 Å². The number of rotatable bonds is 6. The van der Waals surface area contributed by atoms with Gasteiger partial charge in [-0.1, -0.05) is 6.92 Å². The summed E-state index contributed by atoms with van der Waals surface area (Å²) in [5, 5.41) is 7.66. The van der Waals surface area contributed by atoms with Gasteiger partial charge in [-0.15, -0.1) is 12.4 Å². The van der Waals surface area contributed by atoms with E-state index in [1.165, 1.54) is 0 Å². The number of carbonyl (C=O) groups is 1. The van der Waals surface area contributed by atoms with Crippen molar-refractivity contribution in [2.24, 2.45) is 7.05 Å². The lowest BCUT2D eigenvalue weighted by Crippen LogP contribution is -2.48. The number of piperidine rings is 1.